The van der Waals surface area contributed by atoms with Crippen LogP contribution in [0.1, 0.15) is 63.1 Å². The molecule has 0 radical (unpaired) electrons. The van der Waals surface area contributed by atoms with Gasteiger partial charge in [0.1, 0.15) is 17.5 Å². The van der Waals surface area contributed by atoms with E-state index in [1.807, 2.05) is 13.0 Å². The SMILES string of the molecule is CC(c1cccc(OC(F)(F)F)c1)N1CCn2nc3c(c2C1=O)CN(C(=O)c1ccc(Cl)c(C#N)c1)[C@H](C)C3. The lowest BCUT2D eigenvalue weighted by molar-refractivity contribution is -0.274. The fraction of sp³-hybridized carbons (Fsp3) is 0.333. The van der Waals surface area contributed by atoms with Crippen LogP contribution in [-0.2, 0) is 19.5 Å². The van der Waals surface area contributed by atoms with Crippen LogP contribution in [0.3, 0.4) is 0 Å². The fourth-order valence-electron chi connectivity index (χ4n) is 5.14. The van der Waals surface area contributed by atoms with E-state index in [1.54, 1.807) is 33.5 Å². The molecule has 0 aliphatic carbocycles. The van der Waals surface area contributed by atoms with Crippen LogP contribution in [0.15, 0.2) is 42.5 Å². The highest BCUT2D eigenvalue weighted by Gasteiger charge is 2.39. The van der Waals surface area contributed by atoms with Gasteiger partial charge in [-0.3, -0.25) is 14.3 Å². The molecule has 3 heterocycles. The number of ether oxygens (including phenoxy) is 1. The highest BCUT2D eigenvalue weighted by Crippen LogP contribution is 2.34. The average Bonchev–Trinajstić information content (AvgIpc) is 3.25. The minimum Gasteiger partial charge on any atom is -0.406 e. The highest BCUT2D eigenvalue weighted by molar-refractivity contribution is 6.31. The molecule has 0 N–H and O–H groups in total. The standard InChI is InChI=1S/C27H23ClF3N5O3/c1-15-10-23-21(14-35(15)25(37)18-6-7-22(28)19(11-18)13-32)24-26(38)34(8-9-36(24)33-23)16(2)17-4-3-5-20(12-17)39-27(29,30)31/h3-7,11-12,15-16H,8-10,14H2,1-2H3/t15-,16?/m1/s1. The molecule has 2 amide bonds. The van der Waals surface area contributed by atoms with E-state index in [9.17, 15) is 28.0 Å². The van der Waals surface area contributed by atoms with Crippen LogP contribution in [0.5, 0.6) is 5.75 Å². The zero-order valence-corrected chi connectivity index (χ0v) is 21.8. The van der Waals surface area contributed by atoms with E-state index in [-0.39, 0.29) is 40.7 Å². The molecule has 3 aromatic rings. The van der Waals surface area contributed by atoms with Crippen molar-refractivity contribution in [2.75, 3.05) is 6.54 Å². The second kappa shape index (κ2) is 9.93. The van der Waals surface area contributed by atoms with E-state index in [1.165, 1.54) is 30.3 Å². The summed E-state index contributed by atoms with van der Waals surface area (Å²) in [6, 6.07) is 11.3. The van der Waals surface area contributed by atoms with Crippen LogP contribution in [0, 0.1) is 11.3 Å². The maximum absolute atomic E-state index is 13.7. The average molecular weight is 558 g/mol. The van der Waals surface area contributed by atoms with Crippen molar-refractivity contribution in [2.24, 2.45) is 0 Å². The van der Waals surface area contributed by atoms with Crippen molar-refractivity contribution in [3.05, 3.63) is 81.1 Å². The molecule has 2 aliphatic heterocycles. The molecule has 2 aromatic carbocycles. The van der Waals surface area contributed by atoms with Gasteiger partial charge in [-0.05, 0) is 49.7 Å². The van der Waals surface area contributed by atoms with Crippen molar-refractivity contribution in [3.63, 3.8) is 0 Å². The number of hydrogen-bond donors (Lipinski definition) is 0. The third kappa shape index (κ3) is 5.04. The zero-order valence-electron chi connectivity index (χ0n) is 21.0. The Labute approximate surface area is 227 Å². The Bertz CT molecular complexity index is 1510. The van der Waals surface area contributed by atoms with E-state index < -0.39 is 12.4 Å². The van der Waals surface area contributed by atoms with Gasteiger partial charge in [0.15, 0.2) is 0 Å². The van der Waals surface area contributed by atoms with Gasteiger partial charge in [-0.2, -0.15) is 10.4 Å². The smallest absolute Gasteiger partial charge is 0.406 e. The summed E-state index contributed by atoms with van der Waals surface area (Å²) in [6.45, 7) is 4.51. The molecule has 39 heavy (non-hydrogen) atoms. The number of aromatic nitrogens is 2. The molecule has 0 bridgehead atoms. The maximum atomic E-state index is 13.7. The summed E-state index contributed by atoms with van der Waals surface area (Å²) in [5.74, 6) is -0.968. The Balaban J connectivity index is 1.42. The summed E-state index contributed by atoms with van der Waals surface area (Å²) >= 11 is 6.03. The molecule has 0 spiro atoms. The van der Waals surface area contributed by atoms with E-state index in [0.717, 1.165) is 5.69 Å². The first-order valence-electron chi connectivity index (χ1n) is 12.2. The Morgan fingerprint density at radius 1 is 1.23 bits per heavy atom. The number of nitrogens with zero attached hydrogens (tertiary/aromatic N) is 5. The number of carbonyl (C=O) groups is 2. The number of halogens is 4. The van der Waals surface area contributed by atoms with Gasteiger partial charge in [0.05, 0.1) is 35.4 Å². The van der Waals surface area contributed by atoms with Gasteiger partial charge in [-0.1, -0.05) is 23.7 Å². The molecule has 12 heteroatoms. The first-order chi connectivity index (χ1) is 18.5. The Morgan fingerprint density at radius 2 is 2.00 bits per heavy atom. The van der Waals surface area contributed by atoms with Crippen LogP contribution in [0.4, 0.5) is 13.2 Å². The summed E-state index contributed by atoms with van der Waals surface area (Å²) < 4.78 is 43.8. The molecular weight excluding hydrogens is 535 g/mol. The topological polar surface area (TPSA) is 91.5 Å². The van der Waals surface area contributed by atoms with Crippen molar-refractivity contribution >= 4 is 23.4 Å². The van der Waals surface area contributed by atoms with Crippen molar-refractivity contribution in [1.82, 2.24) is 19.6 Å². The molecule has 0 fully saturated rings. The van der Waals surface area contributed by atoms with Gasteiger partial charge in [0.2, 0.25) is 0 Å². The number of rotatable bonds is 4. The number of nitriles is 1. The summed E-state index contributed by atoms with van der Waals surface area (Å²) in [5, 5.41) is 14.2. The molecule has 1 unspecified atom stereocenters. The molecule has 2 atom stereocenters. The van der Waals surface area contributed by atoms with Gasteiger partial charge < -0.3 is 14.5 Å². The van der Waals surface area contributed by atoms with Crippen molar-refractivity contribution in [2.45, 2.75) is 51.8 Å². The number of hydrogen-bond acceptors (Lipinski definition) is 5. The third-order valence-electron chi connectivity index (χ3n) is 7.14. The van der Waals surface area contributed by atoms with Crippen molar-refractivity contribution in [3.8, 4) is 11.8 Å². The molecule has 2 aliphatic rings. The predicted molar refractivity (Wildman–Crippen MR) is 134 cm³/mol. The number of alkyl halides is 3. The first-order valence-corrected chi connectivity index (χ1v) is 12.6. The largest absolute Gasteiger partial charge is 0.573 e. The number of amides is 2. The number of benzene rings is 2. The Hall–Kier alpha value is -4.04. The molecule has 1 aromatic heterocycles. The van der Waals surface area contributed by atoms with Crippen LogP contribution >= 0.6 is 11.6 Å². The summed E-state index contributed by atoms with van der Waals surface area (Å²) in [7, 11) is 0. The molecule has 202 valence electrons. The van der Waals surface area contributed by atoms with E-state index >= 15 is 0 Å². The Morgan fingerprint density at radius 3 is 2.72 bits per heavy atom. The second-order valence-corrected chi connectivity index (χ2v) is 9.99. The summed E-state index contributed by atoms with van der Waals surface area (Å²) in [4.78, 5) is 30.4. The number of carbonyl (C=O) groups excluding carboxylic acids is 2. The van der Waals surface area contributed by atoms with Gasteiger partial charge in [0, 0.05) is 30.1 Å². The second-order valence-electron chi connectivity index (χ2n) is 9.58. The lowest BCUT2D eigenvalue weighted by atomic mass is 9.97. The van der Waals surface area contributed by atoms with Crippen molar-refractivity contribution < 1.29 is 27.5 Å². The predicted octanol–water partition coefficient (Wildman–Crippen LogP) is 5.11. The lowest BCUT2D eigenvalue weighted by Crippen LogP contribution is -2.44. The highest BCUT2D eigenvalue weighted by atomic mass is 35.5. The van der Waals surface area contributed by atoms with Gasteiger partial charge in [-0.25, -0.2) is 0 Å². The number of fused-ring (bicyclic) bond motifs is 3. The van der Waals surface area contributed by atoms with E-state index in [2.05, 4.69) is 9.84 Å². The van der Waals surface area contributed by atoms with E-state index in [0.29, 0.717) is 41.9 Å². The molecule has 0 saturated carbocycles. The lowest BCUT2D eigenvalue weighted by Gasteiger charge is -2.35. The van der Waals surface area contributed by atoms with Gasteiger partial charge in [-0.15, -0.1) is 13.2 Å². The minimum atomic E-state index is -4.82. The van der Waals surface area contributed by atoms with Gasteiger partial charge >= 0.3 is 6.36 Å². The molecule has 5 rings (SSSR count). The summed E-state index contributed by atoms with van der Waals surface area (Å²) in [5.41, 5.74) is 2.75. The first kappa shape index (κ1) is 26.6. The normalized spacial score (nSPS) is 17.8. The van der Waals surface area contributed by atoms with Crippen LogP contribution < -0.4 is 4.74 Å². The monoisotopic (exact) mass is 557 g/mol. The van der Waals surface area contributed by atoms with Crippen LogP contribution in [0.2, 0.25) is 5.02 Å². The fourth-order valence-corrected chi connectivity index (χ4v) is 5.30. The maximum Gasteiger partial charge on any atom is 0.573 e. The molecule has 8 nitrogen and oxygen atoms in total. The molecular formula is C27H23ClF3N5O3. The van der Waals surface area contributed by atoms with Crippen LogP contribution in [0.25, 0.3) is 0 Å². The van der Waals surface area contributed by atoms with Crippen LogP contribution in [-0.4, -0.2) is 50.3 Å². The third-order valence-corrected chi connectivity index (χ3v) is 7.46. The zero-order chi connectivity index (χ0) is 28.1. The minimum absolute atomic E-state index is 0.151. The quantitative estimate of drug-likeness (QED) is 0.444. The van der Waals surface area contributed by atoms with Crippen molar-refractivity contribution in [1.29, 1.82) is 5.26 Å². The van der Waals surface area contributed by atoms with Gasteiger partial charge in [0.25, 0.3) is 11.8 Å². The molecule has 0 saturated heterocycles. The van der Waals surface area contributed by atoms with E-state index in [4.69, 9.17) is 11.6 Å². The Kier molecular flexibility index (Phi) is 6.76. The summed E-state index contributed by atoms with van der Waals surface area (Å²) in [6.07, 6.45) is -4.38.